The van der Waals surface area contributed by atoms with Gasteiger partial charge in [0, 0.05) is 0 Å². The Balaban J connectivity index is 0.000000261. The molecule has 1 aromatic rings. The SMILES string of the molecule is COC=O.COc1ccccc1. The van der Waals surface area contributed by atoms with Crippen LogP contribution in [0.3, 0.4) is 0 Å². The first kappa shape index (κ1) is 10.5. The molecule has 0 saturated carbocycles. The van der Waals surface area contributed by atoms with E-state index in [1.54, 1.807) is 7.11 Å². The van der Waals surface area contributed by atoms with Gasteiger partial charge in [-0.1, -0.05) is 18.2 Å². The molecule has 3 nitrogen and oxygen atoms in total. The average Bonchev–Trinajstić information content (AvgIpc) is 2.19. The van der Waals surface area contributed by atoms with Gasteiger partial charge in [-0.05, 0) is 12.1 Å². The van der Waals surface area contributed by atoms with Crippen molar-refractivity contribution < 1.29 is 14.3 Å². The van der Waals surface area contributed by atoms with E-state index in [1.165, 1.54) is 7.11 Å². The van der Waals surface area contributed by atoms with Crippen LogP contribution in [-0.4, -0.2) is 20.7 Å². The van der Waals surface area contributed by atoms with Gasteiger partial charge in [0.05, 0.1) is 14.2 Å². The topological polar surface area (TPSA) is 35.5 Å². The highest BCUT2D eigenvalue weighted by atomic mass is 16.5. The standard InChI is InChI=1S/C7H8O.C2H4O2/c1-8-7-5-3-2-4-6-7;1-4-2-3/h2-6H,1H3;2H,1H3. The summed E-state index contributed by atoms with van der Waals surface area (Å²) in [6.07, 6.45) is 0. The largest absolute Gasteiger partial charge is 0.497 e. The predicted molar refractivity (Wildman–Crippen MR) is 46.1 cm³/mol. The van der Waals surface area contributed by atoms with Crippen molar-refractivity contribution >= 4 is 6.47 Å². The summed E-state index contributed by atoms with van der Waals surface area (Å²) in [5.74, 6) is 0.910. The van der Waals surface area contributed by atoms with E-state index >= 15 is 0 Å². The summed E-state index contributed by atoms with van der Waals surface area (Å²) in [5, 5.41) is 0. The Morgan fingerprint density at radius 2 is 1.67 bits per heavy atom. The lowest BCUT2D eigenvalue weighted by molar-refractivity contribution is -0.126. The van der Waals surface area contributed by atoms with Crippen molar-refractivity contribution in [1.29, 1.82) is 0 Å². The van der Waals surface area contributed by atoms with Gasteiger partial charge in [-0.25, -0.2) is 0 Å². The Hall–Kier alpha value is -1.51. The number of hydrogen-bond acceptors (Lipinski definition) is 3. The molecule has 0 unspecified atom stereocenters. The quantitative estimate of drug-likeness (QED) is 0.627. The monoisotopic (exact) mass is 168 g/mol. The molecule has 0 amide bonds. The summed E-state index contributed by atoms with van der Waals surface area (Å²) in [5.41, 5.74) is 0. The van der Waals surface area contributed by atoms with Crippen LogP contribution in [-0.2, 0) is 9.53 Å². The van der Waals surface area contributed by atoms with Gasteiger partial charge in [-0.3, -0.25) is 4.79 Å². The molecule has 3 heteroatoms. The normalized spacial score (nSPS) is 7.50. The molecular formula is C9H12O3. The lowest BCUT2D eigenvalue weighted by Crippen LogP contribution is -1.78. The Labute approximate surface area is 71.9 Å². The molecule has 1 rings (SSSR count). The molecule has 0 radical (unpaired) electrons. The van der Waals surface area contributed by atoms with Crippen LogP contribution in [0, 0.1) is 0 Å². The summed E-state index contributed by atoms with van der Waals surface area (Å²) in [4.78, 5) is 8.95. The number of hydrogen-bond donors (Lipinski definition) is 0. The number of methoxy groups -OCH3 is 2. The maximum absolute atomic E-state index is 8.95. The van der Waals surface area contributed by atoms with Gasteiger partial charge in [0.25, 0.3) is 6.47 Å². The van der Waals surface area contributed by atoms with Crippen LogP contribution in [0.4, 0.5) is 0 Å². The summed E-state index contributed by atoms with van der Waals surface area (Å²) in [7, 11) is 2.97. The van der Waals surface area contributed by atoms with Crippen LogP contribution < -0.4 is 4.74 Å². The Bertz CT molecular complexity index is 196. The van der Waals surface area contributed by atoms with E-state index in [9.17, 15) is 0 Å². The first-order valence-electron chi connectivity index (χ1n) is 3.40. The molecule has 0 aromatic heterocycles. The molecular weight excluding hydrogens is 156 g/mol. The third-order valence-corrected chi connectivity index (χ3v) is 1.08. The zero-order chi connectivity index (χ0) is 9.23. The highest BCUT2D eigenvalue weighted by molar-refractivity contribution is 5.36. The predicted octanol–water partition coefficient (Wildman–Crippen LogP) is 1.48. The number of rotatable bonds is 2. The van der Waals surface area contributed by atoms with E-state index in [4.69, 9.17) is 9.53 Å². The molecule has 0 heterocycles. The molecule has 0 N–H and O–H groups in total. The smallest absolute Gasteiger partial charge is 0.292 e. The molecule has 12 heavy (non-hydrogen) atoms. The Kier molecular flexibility index (Phi) is 6.64. The highest BCUT2D eigenvalue weighted by Gasteiger charge is 1.80. The summed E-state index contributed by atoms with van der Waals surface area (Å²) in [6, 6.07) is 9.68. The third kappa shape index (κ3) is 5.29. The molecule has 0 spiro atoms. The lowest BCUT2D eigenvalue weighted by Gasteiger charge is -1.93. The van der Waals surface area contributed by atoms with E-state index in [0.717, 1.165) is 5.75 Å². The van der Waals surface area contributed by atoms with Crippen molar-refractivity contribution in [2.24, 2.45) is 0 Å². The molecule has 0 bridgehead atoms. The van der Waals surface area contributed by atoms with Gasteiger partial charge in [0.1, 0.15) is 5.75 Å². The van der Waals surface area contributed by atoms with Crippen LogP contribution in [0.15, 0.2) is 30.3 Å². The molecule has 66 valence electrons. The van der Waals surface area contributed by atoms with Crippen molar-refractivity contribution in [2.75, 3.05) is 14.2 Å². The van der Waals surface area contributed by atoms with Crippen LogP contribution >= 0.6 is 0 Å². The summed E-state index contributed by atoms with van der Waals surface area (Å²) < 4.78 is 8.78. The van der Waals surface area contributed by atoms with E-state index in [0.29, 0.717) is 6.47 Å². The van der Waals surface area contributed by atoms with Crippen LogP contribution in [0.25, 0.3) is 0 Å². The fourth-order valence-corrected chi connectivity index (χ4v) is 0.557. The fourth-order valence-electron chi connectivity index (χ4n) is 0.557. The molecule has 0 aliphatic rings. The second-order valence-electron chi connectivity index (χ2n) is 1.85. The van der Waals surface area contributed by atoms with Crippen LogP contribution in [0.1, 0.15) is 0 Å². The fraction of sp³-hybridized carbons (Fsp3) is 0.222. The molecule has 0 fully saturated rings. The van der Waals surface area contributed by atoms with Crippen molar-refractivity contribution in [3.8, 4) is 5.75 Å². The zero-order valence-electron chi connectivity index (χ0n) is 7.19. The van der Waals surface area contributed by atoms with Gasteiger partial charge in [0.2, 0.25) is 0 Å². The third-order valence-electron chi connectivity index (χ3n) is 1.08. The number of ether oxygens (including phenoxy) is 2. The minimum Gasteiger partial charge on any atom is -0.497 e. The van der Waals surface area contributed by atoms with Crippen LogP contribution in [0.2, 0.25) is 0 Å². The second-order valence-corrected chi connectivity index (χ2v) is 1.85. The lowest BCUT2D eigenvalue weighted by atomic mass is 10.3. The summed E-state index contributed by atoms with van der Waals surface area (Å²) in [6.45, 7) is 0.375. The summed E-state index contributed by atoms with van der Waals surface area (Å²) >= 11 is 0. The number of benzene rings is 1. The molecule has 0 aliphatic carbocycles. The van der Waals surface area contributed by atoms with Crippen molar-refractivity contribution in [3.05, 3.63) is 30.3 Å². The van der Waals surface area contributed by atoms with E-state index in [2.05, 4.69) is 4.74 Å². The average molecular weight is 168 g/mol. The number of carbonyl (C=O) groups excluding carboxylic acids is 1. The first-order valence-corrected chi connectivity index (χ1v) is 3.40. The minimum absolute atomic E-state index is 0.375. The minimum atomic E-state index is 0.375. The van der Waals surface area contributed by atoms with E-state index < -0.39 is 0 Å². The van der Waals surface area contributed by atoms with Gasteiger partial charge < -0.3 is 9.47 Å². The first-order chi connectivity index (χ1) is 5.85. The van der Waals surface area contributed by atoms with Gasteiger partial charge in [-0.2, -0.15) is 0 Å². The van der Waals surface area contributed by atoms with Gasteiger partial charge >= 0.3 is 0 Å². The molecule has 0 saturated heterocycles. The maximum Gasteiger partial charge on any atom is 0.292 e. The van der Waals surface area contributed by atoms with Gasteiger partial charge in [-0.15, -0.1) is 0 Å². The van der Waals surface area contributed by atoms with E-state index in [1.807, 2.05) is 30.3 Å². The van der Waals surface area contributed by atoms with Gasteiger partial charge in [0.15, 0.2) is 0 Å². The zero-order valence-corrected chi connectivity index (χ0v) is 7.19. The highest BCUT2D eigenvalue weighted by Crippen LogP contribution is 2.05. The molecule has 0 atom stereocenters. The number of para-hydroxylation sites is 1. The van der Waals surface area contributed by atoms with E-state index in [-0.39, 0.29) is 0 Å². The maximum atomic E-state index is 8.95. The Morgan fingerprint density at radius 3 is 1.92 bits per heavy atom. The molecule has 0 aliphatic heterocycles. The second kappa shape index (κ2) is 7.60. The van der Waals surface area contributed by atoms with Crippen molar-refractivity contribution in [2.45, 2.75) is 0 Å². The molecule has 1 aromatic carbocycles. The van der Waals surface area contributed by atoms with Crippen molar-refractivity contribution in [1.82, 2.24) is 0 Å². The number of carbonyl (C=O) groups is 1. The van der Waals surface area contributed by atoms with Crippen LogP contribution in [0.5, 0.6) is 5.75 Å². The Morgan fingerprint density at radius 1 is 1.17 bits per heavy atom. The van der Waals surface area contributed by atoms with Crippen molar-refractivity contribution in [3.63, 3.8) is 0 Å².